The standard InChI is InChI=1S/C22H19NO/c1-3-13-23-15(2)14-19(16-9-5-4-6-10-16)20-21(23)17-11-7-8-12-18(17)22(20)24/h3-12,14,19H,1,13H2,2H3. The average molecular weight is 313 g/mol. The van der Waals surface area contributed by atoms with Crippen molar-refractivity contribution in [2.75, 3.05) is 6.54 Å². The number of hydrogen-bond donors (Lipinski definition) is 0. The van der Waals surface area contributed by atoms with Crippen LogP contribution < -0.4 is 0 Å². The molecule has 1 unspecified atom stereocenters. The lowest BCUT2D eigenvalue weighted by atomic mass is 9.85. The molecule has 0 fully saturated rings. The Labute approximate surface area is 142 Å². The van der Waals surface area contributed by atoms with Gasteiger partial charge in [0.15, 0.2) is 5.78 Å². The van der Waals surface area contributed by atoms with Crippen LogP contribution in [0.25, 0.3) is 5.70 Å². The molecule has 0 amide bonds. The molecule has 24 heavy (non-hydrogen) atoms. The maximum Gasteiger partial charge on any atom is 0.192 e. The molecule has 118 valence electrons. The minimum Gasteiger partial charge on any atom is -0.341 e. The van der Waals surface area contributed by atoms with Crippen LogP contribution in [0.5, 0.6) is 0 Å². The van der Waals surface area contributed by atoms with Gasteiger partial charge in [0.25, 0.3) is 0 Å². The normalized spacial score (nSPS) is 19.0. The highest BCUT2D eigenvalue weighted by Gasteiger charge is 2.39. The van der Waals surface area contributed by atoms with E-state index in [4.69, 9.17) is 0 Å². The molecule has 0 saturated carbocycles. The first-order valence-corrected chi connectivity index (χ1v) is 8.22. The molecule has 1 aliphatic carbocycles. The number of nitrogens with zero attached hydrogens (tertiary/aromatic N) is 1. The van der Waals surface area contributed by atoms with Gasteiger partial charge in [-0.05, 0) is 12.5 Å². The Morgan fingerprint density at radius 3 is 2.42 bits per heavy atom. The van der Waals surface area contributed by atoms with E-state index in [0.717, 1.165) is 33.7 Å². The molecule has 0 aromatic heterocycles. The molecule has 0 radical (unpaired) electrons. The first-order valence-electron chi connectivity index (χ1n) is 8.22. The molecule has 1 aliphatic heterocycles. The van der Waals surface area contributed by atoms with E-state index in [1.54, 1.807) is 0 Å². The van der Waals surface area contributed by atoms with Gasteiger partial charge < -0.3 is 4.90 Å². The van der Waals surface area contributed by atoms with Crippen molar-refractivity contribution in [3.05, 3.63) is 101 Å². The van der Waals surface area contributed by atoms with Crippen LogP contribution in [0.15, 0.2) is 84.6 Å². The van der Waals surface area contributed by atoms with Crippen molar-refractivity contribution in [2.45, 2.75) is 12.8 Å². The van der Waals surface area contributed by atoms with Crippen LogP contribution in [0.2, 0.25) is 0 Å². The van der Waals surface area contributed by atoms with Gasteiger partial charge in [-0.2, -0.15) is 0 Å². The van der Waals surface area contributed by atoms with Gasteiger partial charge in [0, 0.05) is 34.9 Å². The van der Waals surface area contributed by atoms with Crippen LogP contribution in [0.3, 0.4) is 0 Å². The number of rotatable bonds is 3. The molecule has 1 heterocycles. The Balaban J connectivity index is 1.95. The summed E-state index contributed by atoms with van der Waals surface area (Å²) < 4.78 is 0. The average Bonchev–Trinajstić information content (AvgIpc) is 2.91. The van der Waals surface area contributed by atoms with Gasteiger partial charge in [-0.3, -0.25) is 4.79 Å². The Bertz CT molecular complexity index is 889. The lowest BCUT2D eigenvalue weighted by Gasteiger charge is -2.33. The Kier molecular flexibility index (Phi) is 3.46. The van der Waals surface area contributed by atoms with Crippen LogP contribution in [-0.2, 0) is 0 Å². The number of carbonyl (C=O) groups is 1. The van der Waals surface area contributed by atoms with Crippen molar-refractivity contribution in [2.24, 2.45) is 0 Å². The summed E-state index contributed by atoms with van der Waals surface area (Å²) in [5, 5.41) is 0. The topological polar surface area (TPSA) is 20.3 Å². The summed E-state index contributed by atoms with van der Waals surface area (Å²) in [5.74, 6) is 0.148. The van der Waals surface area contributed by atoms with Crippen LogP contribution in [0, 0.1) is 0 Å². The zero-order chi connectivity index (χ0) is 16.7. The van der Waals surface area contributed by atoms with Crippen LogP contribution in [-0.4, -0.2) is 17.2 Å². The summed E-state index contributed by atoms with van der Waals surface area (Å²) in [6, 6.07) is 18.2. The van der Waals surface area contributed by atoms with Gasteiger partial charge in [-0.1, -0.05) is 66.7 Å². The summed E-state index contributed by atoms with van der Waals surface area (Å²) in [7, 11) is 0. The van der Waals surface area contributed by atoms with Crippen LogP contribution in [0.1, 0.15) is 34.3 Å². The van der Waals surface area contributed by atoms with Crippen molar-refractivity contribution in [3.8, 4) is 0 Å². The molecule has 4 rings (SSSR count). The minimum absolute atomic E-state index is 0.00200. The lowest BCUT2D eigenvalue weighted by molar-refractivity contribution is 0.103. The van der Waals surface area contributed by atoms with E-state index in [-0.39, 0.29) is 11.7 Å². The molecular weight excluding hydrogens is 294 g/mol. The number of benzene rings is 2. The van der Waals surface area contributed by atoms with Crippen molar-refractivity contribution < 1.29 is 4.79 Å². The lowest BCUT2D eigenvalue weighted by Crippen LogP contribution is -2.26. The number of fused-ring (bicyclic) bond motifs is 2. The molecule has 0 bridgehead atoms. The van der Waals surface area contributed by atoms with Gasteiger partial charge in [0.05, 0.1) is 5.70 Å². The summed E-state index contributed by atoms with van der Waals surface area (Å²) in [5.41, 5.74) is 6.09. The highest BCUT2D eigenvalue weighted by Crippen LogP contribution is 2.46. The van der Waals surface area contributed by atoms with E-state index in [1.165, 1.54) is 0 Å². The maximum absolute atomic E-state index is 13.1. The van der Waals surface area contributed by atoms with E-state index in [2.05, 4.69) is 36.6 Å². The largest absolute Gasteiger partial charge is 0.341 e. The van der Waals surface area contributed by atoms with E-state index < -0.39 is 0 Å². The minimum atomic E-state index is 0.00200. The van der Waals surface area contributed by atoms with Gasteiger partial charge in [-0.25, -0.2) is 0 Å². The molecule has 2 aromatic carbocycles. The quantitative estimate of drug-likeness (QED) is 0.760. The number of allylic oxidation sites excluding steroid dienone is 3. The second-order valence-electron chi connectivity index (χ2n) is 6.23. The SMILES string of the molecule is C=CCN1C(C)=CC(c2ccccc2)C2=C1c1ccccc1C2=O. The maximum atomic E-state index is 13.1. The van der Waals surface area contributed by atoms with E-state index in [9.17, 15) is 4.79 Å². The zero-order valence-corrected chi connectivity index (χ0v) is 13.7. The second-order valence-corrected chi connectivity index (χ2v) is 6.23. The molecule has 2 aliphatic rings. The van der Waals surface area contributed by atoms with E-state index in [1.807, 2.05) is 48.5 Å². The first-order chi connectivity index (χ1) is 11.7. The predicted octanol–water partition coefficient (Wildman–Crippen LogP) is 4.78. The molecule has 2 aromatic rings. The predicted molar refractivity (Wildman–Crippen MR) is 97.5 cm³/mol. The second kappa shape index (κ2) is 5.64. The van der Waals surface area contributed by atoms with Crippen LogP contribution >= 0.6 is 0 Å². The summed E-state index contributed by atoms with van der Waals surface area (Å²) in [4.78, 5) is 15.3. The zero-order valence-electron chi connectivity index (χ0n) is 13.7. The van der Waals surface area contributed by atoms with Crippen molar-refractivity contribution in [3.63, 3.8) is 0 Å². The fourth-order valence-electron chi connectivity index (χ4n) is 3.74. The highest BCUT2D eigenvalue weighted by molar-refractivity contribution is 6.21. The Hall–Kier alpha value is -2.87. The molecule has 0 N–H and O–H groups in total. The fourth-order valence-corrected chi connectivity index (χ4v) is 3.74. The van der Waals surface area contributed by atoms with Crippen LogP contribution in [0.4, 0.5) is 0 Å². The van der Waals surface area contributed by atoms with Gasteiger partial charge in [0.2, 0.25) is 0 Å². The summed E-state index contributed by atoms with van der Waals surface area (Å²) in [6.45, 7) is 6.68. The van der Waals surface area contributed by atoms with Gasteiger partial charge >= 0.3 is 0 Å². The Morgan fingerprint density at radius 1 is 1.04 bits per heavy atom. The first kappa shape index (κ1) is 14.7. The monoisotopic (exact) mass is 313 g/mol. The van der Waals surface area contributed by atoms with Gasteiger partial charge in [-0.15, -0.1) is 6.58 Å². The molecule has 0 spiro atoms. The molecule has 0 saturated heterocycles. The number of ketones is 1. The molecule has 1 atom stereocenters. The summed E-state index contributed by atoms with van der Waals surface area (Å²) in [6.07, 6.45) is 4.08. The Morgan fingerprint density at radius 2 is 1.71 bits per heavy atom. The number of Topliss-reactive ketones (excluding diaryl/α,β-unsaturated/α-hetero) is 1. The third kappa shape index (κ3) is 2.07. The third-order valence-corrected chi connectivity index (χ3v) is 4.81. The van der Waals surface area contributed by atoms with E-state index in [0.29, 0.717) is 6.54 Å². The third-order valence-electron chi connectivity index (χ3n) is 4.81. The van der Waals surface area contributed by atoms with Crippen molar-refractivity contribution >= 4 is 11.5 Å². The van der Waals surface area contributed by atoms with Crippen molar-refractivity contribution in [1.29, 1.82) is 0 Å². The smallest absolute Gasteiger partial charge is 0.192 e. The van der Waals surface area contributed by atoms with Crippen molar-refractivity contribution in [1.82, 2.24) is 4.90 Å². The number of hydrogen-bond acceptors (Lipinski definition) is 2. The fraction of sp³-hybridized carbons (Fsp3) is 0.136. The summed E-state index contributed by atoms with van der Waals surface area (Å²) >= 11 is 0. The molecule has 2 heteroatoms. The van der Waals surface area contributed by atoms with E-state index >= 15 is 0 Å². The van der Waals surface area contributed by atoms with Gasteiger partial charge in [0.1, 0.15) is 0 Å². The number of carbonyl (C=O) groups excluding carboxylic acids is 1. The highest BCUT2D eigenvalue weighted by atomic mass is 16.1. The molecule has 2 nitrogen and oxygen atoms in total. The molecular formula is C22H19NO.